The Morgan fingerprint density at radius 3 is 2.52 bits per heavy atom. The monoisotopic (exact) mass is 377 g/mol. The molecule has 0 unspecified atom stereocenters. The van der Waals surface area contributed by atoms with Crippen molar-refractivity contribution in [3.05, 3.63) is 36.4 Å². The minimum Gasteiger partial charge on any atom is -0.497 e. The summed E-state index contributed by atoms with van der Waals surface area (Å²) in [6.07, 6.45) is 1.59. The van der Waals surface area contributed by atoms with Gasteiger partial charge in [-0.25, -0.2) is 15.0 Å². The van der Waals surface area contributed by atoms with E-state index in [-0.39, 0.29) is 16.9 Å². The number of benzene rings is 1. The van der Waals surface area contributed by atoms with Gasteiger partial charge in [-0.3, -0.25) is 4.57 Å². The maximum atomic E-state index is 13.6. The second-order valence-corrected chi connectivity index (χ2v) is 6.55. The summed E-state index contributed by atoms with van der Waals surface area (Å²) in [4.78, 5) is 14.3. The van der Waals surface area contributed by atoms with E-state index in [1.165, 1.54) is 38.1 Å². The molecule has 0 saturated heterocycles. The molecule has 2 aromatic heterocycles. The third-order valence-corrected chi connectivity index (χ3v) is 4.95. The van der Waals surface area contributed by atoms with Crippen LogP contribution in [0.5, 0.6) is 5.75 Å². The average molecular weight is 377 g/mol. The summed E-state index contributed by atoms with van der Waals surface area (Å²) < 4.78 is 46.7. The van der Waals surface area contributed by atoms with E-state index < -0.39 is 12.0 Å². The summed E-state index contributed by atoms with van der Waals surface area (Å²) in [6, 6.07) is 5.00. The van der Waals surface area contributed by atoms with Crippen LogP contribution in [0.15, 0.2) is 30.6 Å². The third-order valence-electron chi connectivity index (χ3n) is 4.95. The van der Waals surface area contributed by atoms with Gasteiger partial charge in [-0.1, -0.05) is 0 Å². The molecule has 1 aliphatic rings. The molecule has 27 heavy (non-hydrogen) atoms. The summed E-state index contributed by atoms with van der Waals surface area (Å²) in [6.45, 7) is 0. The Bertz CT molecular complexity index is 964. The molecule has 6 nitrogen and oxygen atoms in total. The largest absolute Gasteiger partial charge is 0.497 e. The molecule has 0 aliphatic heterocycles. The van der Waals surface area contributed by atoms with Crippen molar-refractivity contribution in [2.24, 2.45) is 0 Å². The van der Waals surface area contributed by atoms with Crippen LogP contribution in [0.25, 0.3) is 16.9 Å². The molecule has 0 atom stereocenters. The Morgan fingerprint density at radius 2 is 1.96 bits per heavy atom. The zero-order valence-corrected chi connectivity index (χ0v) is 14.9. The summed E-state index contributed by atoms with van der Waals surface area (Å²) >= 11 is 0. The van der Waals surface area contributed by atoms with Gasteiger partial charge in [0.15, 0.2) is 5.82 Å². The van der Waals surface area contributed by atoms with Crippen LogP contribution in [-0.2, 0) is 6.18 Å². The molecule has 0 N–H and O–H groups in total. The summed E-state index contributed by atoms with van der Waals surface area (Å²) in [5.74, 6) is 0.105. The molecule has 1 aromatic carbocycles. The number of nitrogens with zero attached hydrogens (tertiary/aromatic N) is 5. The van der Waals surface area contributed by atoms with Crippen molar-refractivity contribution in [1.29, 1.82) is 0 Å². The van der Waals surface area contributed by atoms with Crippen LogP contribution in [0.1, 0.15) is 25.1 Å². The van der Waals surface area contributed by atoms with Crippen LogP contribution in [0.2, 0.25) is 0 Å². The van der Waals surface area contributed by atoms with Gasteiger partial charge in [0.25, 0.3) is 0 Å². The minimum absolute atomic E-state index is 0.0701. The van der Waals surface area contributed by atoms with E-state index in [0.717, 1.165) is 17.4 Å². The van der Waals surface area contributed by atoms with E-state index in [4.69, 9.17) is 4.74 Å². The zero-order chi connectivity index (χ0) is 19.2. The fourth-order valence-electron chi connectivity index (χ4n) is 3.18. The van der Waals surface area contributed by atoms with Gasteiger partial charge >= 0.3 is 6.18 Å². The van der Waals surface area contributed by atoms with Gasteiger partial charge in [0, 0.05) is 19.2 Å². The van der Waals surface area contributed by atoms with Gasteiger partial charge in [-0.2, -0.15) is 13.2 Å². The van der Waals surface area contributed by atoms with Crippen molar-refractivity contribution >= 4 is 16.9 Å². The quantitative estimate of drug-likeness (QED) is 0.692. The molecular weight excluding hydrogens is 359 g/mol. The number of rotatable bonds is 4. The molecule has 0 amide bonds. The highest BCUT2D eigenvalue weighted by Crippen LogP contribution is 2.34. The van der Waals surface area contributed by atoms with Crippen molar-refractivity contribution in [3.8, 4) is 11.6 Å². The van der Waals surface area contributed by atoms with Crippen LogP contribution >= 0.6 is 0 Å². The van der Waals surface area contributed by atoms with Gasteiger partial charge in [0.05, 0.1) is 30.5 Å². The Hall–Kier alpha value is -2.84. The number of halogens is 3. The van der Waals surface area contributed by atoms with Crippen molar-refractivity contribution in [1.82, 2.24) is 19.5 Å². The van der Waals surface area contributed by atoms with Gasteiger partial charge in [-0.15, -0.1) is 0 Å². The van der Waals surface area contributed by atoms with Crippen LogP contribution in [0.3, 0.4) is 0 Å². The Kier molecular flexibility index (Phi) is 4.16. The maximum absolute atomic E-state index is 13.6. The molecule has 4 rings (SSSR count). The van der Waals surface area contributed by atoms with Gasteiger partial charge in [-0.05, 0) is 31.4 Å². The van der Waals surface area contributed by atoms with Crippen molar-refractivity contribution < 1.29 is 17.9 Å². The molecule has 9 heteroatoms. The van der Waals surface area contributed by atoms with Crippen molar-refractivity contribution in [2.45, 2.75) is 31.5 Å². The first kappa shape index (κ1) is 17.6. The minimum atomic E-state index is -4.63. The lowest BCUT2D eigenvalue weighted by atomic mass is 9.92. The molecule has 1 saturated carbocycles. The lowest BCUT2D eigenvalue weighted by Crippen LogP contribution is -2.37. The average Bonchev–Trinajstić information content (AvgIpc) is 2.99. The van der Waals surface area contributed by atoms with Crippen molar-refractivity contribution in [3.63, 3.8) is 0 Å². The molecular formula is C18H18F3N5O. The first-order valence-electron chi connectivity index (χ1n) is 8.57. The maximum Gasteiger partial charge on any atom is 0.450 e. The summed E-state index contributed by atoms with van der Waals surface area (Å²) in [5.41, 5.74) is 0.469. The van der Waals surface area contributed by atoms with E-state index >= 15 is 0 Å². The summed E-state index contributed by atoms with van der Waals surface area (Å²) in [7, 11) is 3.37. The SMILES string of the molecule is COc1ccc2c(c1)nc(C(F)(F)F)n2-c1cnc(N(C)C2CCC2)cn1. The van der Waals surface area contributed by atoms with Gasteiger partial charge in [0.2, 0.25) is 5.82 Å². The Balaban J connectivity index is 1.79. The van der Waals surface area contributed by atoms with E-state index in [2.05, 4.69) is 15.0 Å². The number of hydrogen-bond donors (Lipinski definition) is 0. The third kappa shape index (κ3) is 3.07. The van der Waals surface area contributed by atoms with Crippen LogP contribution in [-0.4, -0.2) is 39.7 Å². The van der Waals surface area contributed by atoms with Crippen molar-refractivity contribution in [2.75, 3.05) is 19.1 Å². The molecule has 0 bridgehead atoms. The first-order chi connectivity index (χ1) is 12.9. The Labute approximate surface area is 153 Å². The molecule has 1 aliphatic carbocycles. The molecule has 0 radical (unpaired) electrons. The predicted molar refractivity (Wildman–Crippen MR) is 94.3 cm³/mol. The standard InChI is InChI=1S/C18H18F3N5O/c1-25(11-4-3-5-11)15-9-23-16(10-22-15)26-14-7-6-12(27-2)8-13(14)24-17(26)18(19,20)21/h6-11H,3-5H2,1-2H3. The topological polar surface area (TPSA) is 56.1 Å². The van der Waals surface area contributed by atoms with E-state index in [9.17, 15) is 13.2 Å². The van der Waals surface area contributed by atoms with Crippen LogP contribution < -0.4 is 9.64 Å². The first-order valence-corrected chi connectivity index (χ1v) is 8.57. The molecule has 3 aromatic rings. The molecule has 0 spiro atoms. The highest BCUT2D eigenvalue weighted by Gasteiger charge is 2.38. The second-order valence-electron chi connectivity index (χ2n) is 6.55. The smallest absolute Gasteiger partial charge is 0.450 e. The lowest BCUT2D eigenvalue weighted by molar-refractivity contribution is -0.145. The highest BCUT2D eigenvalue weighted by molar-refractivity contribution is 5.79. The Morgan fingerprint density at radius 1 is 1.19 bits per heavy atom. The van der Waals surface area contributed by atoms with Crippen LogP contribution in [0.4, 0.5) is 19.0 Å². The van der Waals surface area contributed by atoms with E-state index in [1.54, 1.807) is 6.07 Å². The number of fused-ring (bicyclic) bond motifs is 1. The van der Waals surface area contributed by atoms with E-state index in [0.29, 0.717) is 17.6 Å². The molecule has 2 heterocycles. The fraction of sp³-hybridized carbons (Fsp3) is 0.389. The number of aromatic nitrogens is 4. The van der Waals surface area contributed by atoms with Gasteiger partial charge in [0.1, 0.15) is 11.6 Å². The normalized spacial score (nSPS) is 15.0. The fourth-order valence-corrected chi connectivity index (χ4v) is 3.18. The number of hydrogen-bond acceptors (Lipinski definition) is 5. The van der Waals surface area contributed by atoms with Gasteiger partial charge < -0.3 is 9.64 Å². The number of alkyl halides is 3. The molecule has 1 fully saturated rings. The second kappa shape index (κ2) is 6.40. The molecule has 142 valence electrons. The number of methoxy groups -OCH3 is 1. The number of ether oxygens (including phenoxy) is 1. The number of imidazole rings is 1. The lowest BCUT2D eigenvalue weighted by Gasteiger charge is -2.35. The highest BCUT2D eigenvalue weighted by atomic mass is 19.4. The van der Waals surface area contributed by atoms with E-state index in [1.807, 2.05) is 11.9 Å². The van der Waals surface area contributed by atoms with Crippen LogP contribution in [0, 0.1) is 0 Å². The zero-order valence-electron chi connectivity index (χ0n) is 14.9. The predicted octanol–water partition coefficient (Wildman–Crippen LogP) is 3.83. The number of anilines is 1. The summed E-state index contributed by atoms with van der Waals surface area (Å²) in [5, 5.41) is 0.